The molecule has 120 valence electrons. The Balaban J connectivity index is 2.67. The Morgan fingerprint density at radius 1 is 1.19 bits per heavy atom. The smallest absolute Gasteiger partial charge is 0.161 e. The largest absolute Gasteiger partial charge is 0.493 e. The number of hydrogen-bond acceptors (Lipinski definition) is 5. The zero-order valence-electron chi connectivity index (χ0n) is 13.2. The van der Waals surface area contributed by atoms with Crippen LogP contribution >= 0.6 is 0 Å². The van der Waals surface area contributed by atoms with Gasteiger partial charge in [0.05, 0.1) is 20.0 Å². The van der Waals surface area contributed by atoms with Gasteiger partial charge in [0.25, 0.3) is 0 Å². The van der Waals surface area contributed by atoms with Crippen molar-refractivity contribution in [1.82, 2.24) is 5.32 Å². The summed E-state index contributed by atoms with van der Waals surface area (Å²) in [7, 11) is 0.333. The maximum Gasteiger partial charge on any atom is 0.161 e. The Kier molecular flexibility index (Phi) is 6.98. The highest BCUT2D eigenvalue weighted by Gasteiger charge is 2.12. The molecule has 5 nitrogen and oxygen atoms in total. The van der Waals surface area contributed by atoms with Gasteiger partial charge in [0, 0.05) is 12.3 Å². The predicted molar refractivity (Wildman–Crippen MR) is 84.9 cm³/mol. The Morgan fingerprint density at radius 2 is 1.86 bits per heavy atom. The lowest BCUT2D eigenvalue weighted by atomic mass is 10.0. The van der Waals surface area contributed by atoms with Gasteiger partial charge >= 0.3 is 0 Å². The van der Waals surface area contributed by atoms with Crippen LogP contribution in [-0.4, -0.2) is 41.2 Å². The summed E-state index contributed by atoms with van der Waals surface area (Å²) in [5.74, 6) is 1.61. The van der Waals surface area contributed by atoms with Crippen molar-refractivity contribution in [1.29, 1.82) is 0 Å². The molecule has 0 aliphatic heterocycles. The minimum Gasteiger partial charge on any atom is -0.493 e. The van der Waals surface area contributed by atoms with Crippen LogP contribution in [0.25, 0.3) is 0 Å². The summed E-state index contributed by atoms with van der Waals surface area (Å²) in [5.41, 5.74) is 1.11. The zero-order valence-corrected chi connectivity index (χ0v) is 14.0. The molecule has 0 saturated carbocycles. The molecule has 1 unspecified atom stereocenters. The number of hydrogen-bond donors (Lipinski definition) is 1. The Bertz CT molecular complexity index is 543. The van der Waals surface area contributed by atoms with E-state index in [0.29, 0.717) is 24.5 Å². The molecule has 0 saturated heterocycles. The first-order valence-corrected chi connectivity index (χ1v) is 9.10. The first-order valence-electron chi connectivity index (χ1n) is 7.04. The number of methoxy groups -OCH3 is 2. The van der Waals surface area contributed by atoms with Crippen molar-refractivity contribution in [2.24, 2.45) is 0 Å². The molecular weight excluding hydrogens is 290 g/mol. The summed E-state index contributed by atoms with van der Waals surface area (Å²) in [4.78, 5) is 0. The normalized spacial score (nSPS) is 13.0. The van der Waals surface area contributed by atoms with Crippen LogP contribution in [0.15, 0.2) is 18.2 Å². The van der Waals surface area contributed by atoms with Gasteiger partial charge in [-0.1, -0.05) is 13.0 Å². The summed E-state index contributed by atoms with van der Waals surface area (Å²) in [6.07, 6.45) is 2.79. The molecule has 0 aliphatic carbocycles. The molecule has 0 amide bonds. The van der Waals surface area contributed by atoms with Gasteiger partial charge in [-0.05, 0) is 37.1 Å². The van der Waals surface area contributed by atoms with Crippen LogP contribution in [0.4, 0.5) is 0 Å². The van der Waals surface area contributed by atoms with Gasteiger partial charge in [0.1, 0.15) is 9.84 Å². The van der Waals surface area contributed by atoms with Gasteiger partial charge < -0.3 is 14.8 Å². The van der Waals surface area contributed by atoms with Crippen LogP contribution in [0.5, 0.6) is 11.5 Å². The first kappa shape index (κ1) is 17.8. The molecule has 0 radical (unpaired) electrons. The molecule has 0 spiro atoms. The SMILES string of the molecule is CCC(NCCCS(C)(=O)=O)c1ccc(OC)c(OC)c1. The van der Waals surface area contributed by atoms with Crippen molar-refractivity contribution in [3.05, 3.63) is 23.8 Å². The van der Waals surface area contributed by atoms with Crippen LogP contribution in [0.1, 0.15) is 31.4 Å². The molecule has 1 rings (SSSR count). The average molecular weight is 315 g/mol. The average Bonchev–Trinajstić information content (AvgIpc) is 2.45. The number of ether oxygens (including phenoxy) is 2. The second kappa shape index (κ2) is 8.24. The van der Waals surface area contributed by atoms with E-state index < -0.39 is 9.84 Å². The van der Waals surface area contributed by atoms with Crippen LogP contribution < -0.4 is 14.8 Å². The highest BCUT2D eigenvalue weighted by molar-refractivity contribution is 7.90. The van der Waals surface area contributed by atoms with Crippen LogP contribution in [0.2, 0.25) is 0 Å². The molecule has 1 N–H and O–H groups in total. The third kappa shape index (κ3) is 5.93. The quantitative estimate of drug-likeness (QED) is 0.708. The molecule has 6 heteroatoms. The fourth-order valence-electron chi connectivity index (χ4n) is 2.18. The van der Waals surface area contributed by atoms with Gasteiger partial charge in [-0.15, -0.1) is 0 Å². The van der Waals surface area contributed by atoms with E-state index in [2.05, 4.69) is 12.2 Å². The highest BCUT2D eigenvalue weighted by atomic mass is 32.2. The summed E-state index contributed by atoms with van der Waals surface area (Å²) >= 11 is 0. The van der Waals surface area contributed by atoms with Gasteiger partial charge in [0.2, 0.25) is 0 Å². The molecule has 0 aliphatic rings. The van der Waals surface area contributed by atoms with Crippen LogP contribution in [-0.2, 0) is 9.84 Å². The highest BCUT2D eigenvalue weighted by Crippen LogP contribution is 2.30. The van der Waals surface area contributed by atoms with Gasteiger partial charge in [-0.2, -0.15) is 0 Å². The maximum atomic E-state index is 11.1. The molecule has 0 heterocycles. The lowest BCUT2D eigenvalue weighted by molar-refractivity contribution is 0.353. The van der Waals surface area contributed by atoms with E-state index in [4.69, 9.17) is 9.47 Å². The van der Waals surface area contributed by atoms with E-state index in [9.17, 15) is 8.42 Å². The second-order valence-corrected chi connectivity index (χ2v) is 7.27. The van der Waals surface area contributed by atoms with Gasteiger partial charge in [0.15, 0.2) is 11.5 Å². The molecular formula is C15H25NO4S. The van der Waals surface area contributed by atoms with Crippen LogP contribution in [0.3, 0.4) is 0 Å². The Morgan fingerprint density at radius 3 is 2.38 bits per heavy atom. The third-order valence-corrected chi connectivity index (χ3v) is 4.33. The lowest BCUT2D eigenvalue weighted by Gasteiger charge is -2.19. The zero-order chi connectivity index (χ0) is 15.9. The van der Waals surface area contributed by atoms with E-state index in [0.717, 1.165) is 12.0 Å². The Hall–Kier alpha value is -1.27. The standard InChI is InChI=1S/C15H25NO4S/c1-5-13(16-9-6-10-21(4,17)18)12-7-8-14(19-2)15(11-12)20-3/h7-8,11,13,16H,5-6,9-10H2,1-4H3. The van der Waals surface area contributed by atoms with Crippen molar-refractivity contribution in [3.8, 4) is 11.5 Å². The van der Waals surface area contributed by atoms with Gasteiger partial charge in [-0.3, -0.25) is 0 Å². The Labute approximate surface area is 127 Å². The van der Waals surface area contributed by atoms with Crippen molar-refractivity contribution in [3.63, 3.8) is 0 Å². The number of rotatable bonds is 9. The van der Waals surface area contributed by atoms with E-state index in [1.54, 1.807) is 14.2 Å². The van der Waals surface area contributed by atoms with Crippen molar-refractivity contribution in [2.45, 2.75) is 25.8 Å². The molecule has 1 aromatic rings. The van der Waals surface area contributed by atoms with Crippen molar-refractivity contribution >= 4 is 9.84 Å². The summed E-state index contributed by atoms with van der Waals surface area (Å²) in [6, 6.07) is 6.01. The minimum absolute atomic E-state index is 0.171. The number of benzene rings is 1. The molecule has 0 fully saturated rings. The van der Waals surface area contributed by atoms with E-state index in [1.165, 1.54) is 6.26 Å². The summed E-state index contributed by atoms with van der Waals surface area (Å²) < 4.78 is 32.8. The van der Waals surface area contributed by atoms with E-state index in [-0.39, 0.29) is 11.8 Å². The predicted octanol–water partition coefficient (Wildman–Crippen LogP) is 2.18. The van der Waals surface area contributed by atoms with Crippen LogP contribution in [0, 0.1) is 0 Å². The fourth-order valence-corrected chi connectivity index (χ4v) is 2.85. The lowest BCUT2D eigenvalue weighted by Crippen LogP contribution is -2.23. The molecule has 21 heavy (non-hydrogen) atoms. The molecule has 0 aromatic heterocycles. The summed E-state index contributed by atoms with van der Waals surface area (Å²) in [5, 5.41) is 3.39. The van der Waals surface area contributed by atoms with Crippen molar-refractivity contribution < 1.29 is 17.9 Å². The monoisotopic (exact) mass is 315 g/mol. The maximum absolute atomic E-state index is 11.1. The molecule has 0 bridgehead atoms. The van der Waals surface area contributed by atoms with Gasteiger partial charge in [-0.25, -0.2) is 8.42 Å². The second-order valence-electron chi connectivity index (χ2n) is 5.01. The number of nitrogens with one attached hydrogen (secondary N) is 1. The van der Waals surface area contributed by atoms with Crippen molar-refractivity contribution in [2.75, 3.05) is 32.8 Å². The molecule has 1 atom stereocenters. The van der Waals surface area contributed by atoms with E-state index >= 15 is 0 Å². The third-order valence-electron chi connectivity index (χ3n) is 3.30. The number of sulfone groups is 1. The molecule has 1 aromatic carbocycles. The summed E-state index contributed by atoms with van der Waals surface area (Å²) in [6.45, 7) is 2.75. The van der Waals surface area contributed by atoms with E-state index in [1.807, 2.05) is 18.2 Å². The first-order chi connectivity index (χ1) is 9.91. The topological polar surface area (TPSA) is 64.6 Å². The minimum atomic E-state index is -2.89. The fraction of sp³-hybridized carbons (Fsp3) is 0.600.